The normalized spacial score (nSPS) is 11.8. The summed E-state index contributed by atoms with van der Waals surface area (Å²) in [6.07, 6.45) is 0.548. The van der Waals surface area contributed by atoms with Crippen LogP contribution in [0.15, 0.2) is 78.9 Å². The van der Waals surface area contributed by atoms with Crippen LogP contribution >= 0.6 is 0 Å². The monoisotopic (exact) mass is 412 g/mol. The second-order valence-corrected chi connectivity index (χ2v) is 7.48. The fourth-order valence-electron chi connectivity index (χ4n) is 3.68. The van der Waals surface area contributed by atoms with E-state index in [0.29, 0.717) is 17.7 Å². The van der Waals surface area contributed by atoms with E-state index in [1.807, 2.05) is 61.6 Å². The second kappa shape index (κ2) is 8.83. The molecule has 3 aromatic carbocycles. The van der Waals surface area contributed by atoms with Crippen LogP contribution in [0.4, 0.5) is 5.69 Å². The Labute approximate surface area is 180 Å². The van der Waals surface area contributed by atoms with Gasteiger partial charge < -0.3 is 15.2 Å². The molecule has 156 valence electrons. The molecule has 0 radical (unpaired) electrons. The molecule has 6 heteroatoms. The van der Waals surface area contributed by atoms with Crippen LogP contribution in [0.1, 0.15) is 34.7 Å². The summed E-state index contributed by atoms with van der Waals surface area (Å²) in [6.45, 7) is 1.44. The molecule has 2 amide bonds. The number of carbonyl (C=O) groups is 2. The highest BCUT2D eigenvalue weighted by atomic mass is 16.2. The first kappa shape index (κ1) is 20.3. The van der Waals surface area contributed by atoms with E-state index in [4.69, 9.17) is 4.98 Å². The van der Waals surface area contributed by atoms with Gasteiger partial charge in [-0.2, -0.15) is 0 Å². The Kier molecular flexibility index (Phi) is 5.80. The predicted molar refractivity (Wildman–Crippen MR) is 122 cm³/mol. The van der Waals surface area contributed by atoms with Gasteiger partial charge >= 0.3 is 0 Å². The summed E-state index contributed by atoms with van der Waals surface area (Å²) in [6, 6.07) is 24.5. The molecule has 31 heavy (non-hydrogen) atoms. The third-order valence-corrected chi connectivity index (χ3v) is 5.22. The SMILES string of the molecule is CC(=O)Nc1cccc(C(=O)NC(Cc2nc3ccccc3n2C)c2ccccc2)c1. The lowest BCUT2D eigenvalue weighted by Crippen LogP contribution is -2.30. The van der Waals surface area contributed by atoms with Crippen molar-refractivity contribution in [2.75, 3.05) is 5.32 Å². The fraction of sp³-hybridized carbons (Fsp3) is 0.160. The summed E-state index contributed by atoms with van der Waals surface area (Å²) in [7, 11) is 1.99. The van der Waals surface area contributed by atoms with E-state index >= 15 is 0 Å². The van der Waals surface area contributed by atoms with E-state index in [1.165, 1.54) is 6.92 Å². The van der Waals surface area contributed by atoms with Crippen LogP contribution in [0, 0.1) is 0 Å². The van der Waals surface area contributed by atoms with E-state index in [0.717, 1.165) is 22.4 Å². The number of aromatic nitrogens is 2. The van der Waals surface area contributed by atoms with Gasteiger partial charge in [0.2, 0.25) is 5.91 Å². The fourth-order valence-corrected chi connectivity index (χ4v) is 3.68. The lowest BCUT2D eigenvalue weighted by molar-refractivity contribution is -0.114. The number of nitrogens with one attached hydrogen (secondary N) is 2. The summed E-state index contributed by atoms with van der Waals surface area (Å²) < 4.78 is 2.06. The number of nitrogens with zero attached hydrogens (tertiary/aromatic N) is 2. The summed E-state index contributed by atoms with van der Waals surface area (Å²) in [5, 5.41) is 5.86. The molecule has 2 N–H and O–H groups in total. The first-order valence-corrected chi connectivity index (χ1v) is 10.1. The molecule has 0 fully saturated rings. The van der Waals surface area contributed by atoms with E-state index in [-0.39, 0.29) is 17.9 Å². The Balaban J connectivity index is 1.62. The highest BCUT2D eigenvalue weighted by molar-refractivity contribution is 5.97. The number of hydrogen-bond donors (Lipinski definition) is 2. The van der Waals surface area contributed by atoms with Crippen molar-refractivity contribution in [3.63, 3.8) is 0 Å². The Hall–Kier alpha value is -3.93. The van der Waals surface area contributed by atoms with Crippen molar-refractivity contribution in [3.8, 4) is 0 Å². The maximum atomic E-state index is 13.1. The lowest BCUT2D eigenvalue weighted by Gasteiger charge is -2.19. The number of aryl methyl sites for hydroxylation is 1. The van der Waals surface area contributed by atoms with Gasteiger partial charge in [-0.25, -0.2) is 4.98 Å². The average Bonchev–Trinajstić information content (AvgIpc) is 3.09. The van der Waals surface area contributed by atoms with E-state index in [1.54, 1.807) is 24.3 Å². The summed E-state index contributed by atoms with van der Waals surface area (Å²) >= 11 is 0. The van der Waals surface area contributed by atoms with Crippen molar-refractivity contribution in [1.82, 2.24) is 14.9 Å². The van der Waals surface area contributed by atoms with Gasteiger partial charge in [0.1, 0.15) is 5.82 Å². The van der Waals surface area contributed by atoms with Crippen LogP contribution in [0.3, 0.4) is 0 Å². The highest BCUT2D eigenvalue weighted by Crippen LogP contribution is 2.22. The van der Waals surface area contributed by atoms with Crippen molar-refractivity contribution in [3.05, 3.63) is 95.8 Å². The number of fused-ring (bicyclic) bond motifs is 1. The molecule has 1 aromatic heterocycles. The number of amides is 2. The van der Waals surface area contributed by atoms with Gasteiger partial charge in [0, 0.05) is 31.6 Å². The molecule has 0 aliphatic heterocycles. The second-order valence-electron chi connectivity index (χ2n) is 7.48. The van der Waals surface area contributed by atoms with Crippen molar-refractivity contribution >= 4 is 28.5 Å². The van der Waals surface area contributed by atoms with Crippen LogP contribution in [0.2, 0.25) is 0 Å². The van der Waals surface area contributed by atoms with Gasteiger partial charge in [-0.15, -0.1) is 0 Å². The van der Waals surface area contributed by atoms with Gasteiger partial charge in [0.05, 0.1) is 17.1 Å². The van der Waals surface area contributed by atoms with Gasteiger partial charge in [-0.3, -0.25) is 9.59 Å². The number of anilines is 1. The molecule has 6 nitrogen and oxygen atoms in total. The quantitative estimate of drug-likeness (QED) is 0.497. The predicted octanol–water partition coefficient (Wildman–Crippen LogP) is 4.25. The number of imidazole rings is 1. The molecular formula is C25H24N4O2. The van der Waals surface area contributed by atoms with Crippen molar-refractivity contribution < 1.29 is 9.59 Å². The minimum absolute atomic E-state index is 0.179. The smallest absolute Gasteiger partial charge is 0.251 e. The number of para-hydroxylation sites is 2. The van der Waals surface area contributed by atoms with E-state index in [2.05, 4.69) is 15.2 Å². The zero-order valence-electron chi connectivity index (χ0n) is 17.5. The molecule has 0 bridgehead atoms. The van der Waals surface area contributed by atoms with Gasteiger partial charge in [0.25, 0.3) is 5.91 Å². The summed E-state index contributed by atoms with van der Waals surface area (Å²) in [5.74, 6) is 0.503. The van der Waals surface area contributed by atoms with Crippen LogP contribution in [-0.4, -0.2) is 21.4 Å². The molecule has 0 aliphatic rings. The molecule has 0 saturated carbocycles. The maximum absolute atomic E-state index is 13.1. The number of carbonyl (C=O) groups excluding carboxylic acids is 2. The van der Waals surface area contributed by atoms with Gasteiger partial charge in [-0.1, -0.05) is 48.5 Å². The molecule has 1 atom stereocenters. The van der Waals surface area contributed by atoms with Crippen LogP contribution in [0.5, 0.6) is 0 Å². The van der Waals surface area contributed by atoms with Gasteiger partial charge in [0.15, 0.2) is 0 Å². The van der Waals surface area contributed by atoms with Crippen molar-refractivity contribution in [1.29, 1.82) is 0 Å². The molecule has 1 heterocycles. The minimum atomic E-state index is -0.256. The van der Waals surface area contributed by atoms with Crippen LogP contribution in [0.25, 0.3) is 11.0 Å². The van der Waals surface area contributed by atoms with Crippen LogP contribution < -0.4 is 10.6 Å². The first-order chi connectivity index (χ1) is 15.0. The zero-order valence-corrected chi connectivity index (χ0v) is 17.5. The number of benzene rings is 3. The number of rotatable bonds is 6. The standard InChI is InChI=1S/C25H24N4O2/c1-17(30)26-20-12-8-11-19(15-20)25(31)28-22(18-9-4-3-5-10-18)16-24-27-21-13-6-7-14-23(21)29(24)2/h3-15,22H,16H2,1-2H3,(H,26,30)(H,28,31). The Morgan fingerprint density at radius 2 is 1.71 bits per heavy atom. The Morgan fingerprint density at radius 3 is 2.45 bits per heavy atom. The molecule has 1 unspecified atom stereocenters. The summed E-state index contributed by atoms with van der Waals surface area (Å²) in [5.41, 5.74) is 4.06. The third-order valence-electron chi connectivity index (χ3n) is 5.22. The Bertz CT molecular complexity index is 1230. The topological polar surface area (TPSA) is 76.0 Å². The van der Waals surface area contributed by atoms with Crippen molar-refractivity contribution in [2.45, 2.75) is 19.4 Å². The highest BCUT2D eigenvalue weighted by Gasteiger charge is 2.20. The summed E-state index contributed by atoms with van der Waals surface area (Å²) in [4.78, 5) is 29.2. The Morgan fingerprint density at radius 1 is 0.968 bits per heavy atom. The largest absolute Gasteiger partial charge is 0.345 e. The molecule has 4 rings (SSSR count). The van der Waals surface area contributed by atoms with Crippen molar-refractivity contribution in [2.24, 2.45) is 7.05 Å². The molecular weight excluding hydrogens is 388 g/mol. The average molecular weight is 412 g/mol. The molecule has 0 saturated heterocycles. The molecule has 0 spiro atoms. The van der Waals surface area contributed by atoms with Crippen LogP contribution in [-0.2, 0) is 18.3 Å². The molecule has 0 aliphatic carbocycles. The van der Waals surface area contributed by atoms with E-state index < -0.39 is 0 Å². The van der Waals surface area contributed by atoms with E-state index in [9.17, 15) is 9.59 Å². The van der Waals surface area contributed by atoms with Gasteiger partial charge in [-0.05, 0) is 35.9 Å². The lowest BCUT2D eigenvalue weighted by atomic mass is 10.0. The zero-order chi connectivity index (χ0) is 21.8. The first-order valence-electron chi connectivity index (χ1n) is 10.1. The molecule has 4 aromatic rings. The minimum Gasteiger partial charge on any atom is -0.345 e. The maximum Gasteiger partial charge on any atom is 0.251 e. The third kappa shape index (κ3) is 4.64. The number of hydrogen-bond acceptors (Lipinski definition) is 3.